The van der Waals surface area contributed by atoms with E-state index in [4.69, 9.17) is 22.1 Å². The van der Waals surface area contributed by atoms with Gasteiger partial charge in [0.05, 0.1) is 0 Å². The van der Waals surface area contributed by atoms with Crippen molar-refractivity contribution in [2.45, 2.75) is 20.0 Å². The normalized spacial score (nSPS) is 10.7. The topological polar surface area (TPSA) is 66.0 Å². The van der Waals surface area contributed by atoms with Crippen LogP contribution in [0.1, 0.15) is 17.2 Å². The molecule has 2 N–H and O–H groups in total. The summed E-state index contributed by atoms with van der Waals surface area (Å²) in [6.45, 7) is 2.83. The van der Waals surface area contributed by atoms with Crippen molar-refractivity contribution in [3.8, 4) is 5.75 Å². The minimum Gasteiger partial charge on any atom is -0.485 e. The van der Waals surface area contributed by atoms with Crippen LogP contribution < -0.4 is 10.5 Å². The lowest BCUT2D eigenvalue weighted by molar-refractivity contribution is 0.288. The van der Waals surface area contributed by atoms with Gasteiger partial charge >= 0.3 is 0 Å². The first-order chi connectivity index (χ1) is 9.11. The molecule has 102 valence electrons. The van der Waals surface area contributed by atoms with Crippen molar-refractivity contribution in [3.05, 3.63) is 40.4 Å². The monoisotopic (exact) mass is 280 g/mol. The van der Waals surface area contributed by atoms with Crippen LogP contribution in [0.4, 0.5) is 0 Å². The highest BCUT2D eigenvalue weighted by atomic mass is 35.5. The van der Waals surface area contributed by atoms with E-state index in [0.717, 1.165) is 29.4 Å². The molecule has 0 radical (unpaired) electrons. The van der Waals surface area contributed by atoms with E-state index in [0.29, 0.717) is 18.2 Å². The quantitative estimate of drug-likeness (QED) is 0.908. The molecule has 6 heteroatoms. The molecule has 19 heavy (non-hydrogen) atoms. The Morgan fingerprint density at radius 2 is 2.16 bits per heavy atom. The summed E-state index contributed by atoms with van der Waals surface area (Å²) in [4.78, 5) is 0. The van der Waals surface area contributed by atoms with Gasteiger partial charge in [0.25, 0.3) is 0 Å². The summed E-state index contributed by atoms with van der Waals surface area (Å²) in [5, 5.41) is 8.74. The maximum absolute atomic E-state index is 5.98. The third-order valence-electron chi connectivity index (χ3n) is 2.98. The molecule has 0 aliphatic heterocycles. The van der Waals surface area contributed by atoms with Crippen molar-refractivity contribution in [1.82, 2.24) is 14.8 Å². The zero-order valence-electron chi connectivity index (χ0n) is 11.1. The lowest BCUT2D eigenvalue weighted by Crippen LogP contribution is -2.08. The average molecular weight is 281 g/mol. The van der Waals surface area contributed by atoms with Gasteiger partial charge in [-0.3, -0.25) is 0 Å². The van der Waals surface area contributed by atoms with Crippen molar-refractivity contribution in [1.29, 1.82) is 0 Å². The highest BCUT2D eigenvalue weighted by Gasteiger charge is 2.08. The summed E-state index contributed by atoms with van der Waals surface area (Å²) in [6, 6.07) is 5.54. The highest BCUT2D eigenvalue weighted by molar-refractivity contribution is 6.30. The SMILES string of the molecule is Cc1nnc(COc2ccc(Cl)cc2CCN)n1C. The molecule has 1 heterocycles. The molecular formula is C13H17ClN4O. The van der Waals surface area contributed by atoms with E-state index < -0.39 is 0 Å². The van der Waals surface area contributed by atoms with Gasteiger partial charge in [0.15, 0.2) is 5.82 Å². The molecule has 0 unspecified atom stereocenters. The second-order valence-corrected chi connectivity index (χ2v) is 4.74. The van der Waals surface area contributed by atoms with E-state index >= 15 is 0 Å². The Kier molecular flexibility index (Phi) is 4.39. The van der Waals surface area contributed by atoms with Gasteiger partial charge in [-0.05, 0) is 43.7 Å². The fraction of sp³-hybridized carbons (Fsp3) is 0.385. The summed E-state index contributed by atoms with van der Waals surface area (Å²) >= 11 is 5.98. The molecule has 0 amide bonds. The molecule has 0 aliphatic carbocycles. The first-order valence-corrected chi connectivity index (χ1v) is 6.45. The predicted octanol–water partition coefficient (Wildman–Crippen LogP) is 1.86. The summed E-state index contributed by atoms with van der Waals surface area (Å²) in [6.07, 6.45) is 0.730. The number of nitrogens with two attached hydrogens (primary N) is 1. The van der Waals surface area contributed by atoms with Gasteiger partial charge in [-0.2, -0.15) is 0 Å². The molecule has 1 aromatic heterocycles. The van der Waals surface area contributed by atoms with Crippen LogP contribution in [0.2, 0.25) is 5.02 Å². The highest BCUT2D eigenvalue weighted by Crippen LogP contribution is 2.24. The summed E-state index contributed by atoms with van der Waals surface area (Å²) < 4.78 is 7.69. The Labute approximate surface area is 117 Å². The van der Waals surface area contributed by atoms with E-state index in [2.05, 4.69) is 10.2 Å². The van der Waals surface area contributed by atoms with Crippen molar-refractivity contribution in [3.63, 3.8) is 0 Å². The van der Waals surface area contributed by atoms with Crippen LogP contribution in [0.25, 0.3) is 0 Å². The number of benzene rings is 1. The van der Waals surface area contributed by atoms with Gasteiger partial charge in [-0.25, -0.2) is 0 Å². The van der Waals surface area contributed by atoms with Crippen LogP contribution >= 0.6 is 11.6 Å². The minimum atomic E-state index is 0.372. The van der Waals surface area contributed by atoms with Crippen molar-refractivity contribution in [2.24, 2.45) is 12.8 Å². The van der Waals surface area contributed by atoms with E-state index in [1.807, 2.05) is 30.7 Å². The summed E-state index contributed by atoms with van der Waals surface area (Å²) in [5.74, 6) is 2.43. The molecule has 0 bridgehead atoms. The zero-order chi connectivity index (χ0) is 13.8. The number of hydrogen-bond donors (Lipinski definition) is 1. The fourth-order valence-corrected chi connectivity index (χ4v) is 1.95. The van der Waals surface area contributed by atoms with Crippen LogP contribution in [0.15, 0.2) is 18.2 Å². The smallest absolute Gasteiger partial charge is 0.170 e. The van der Waals surface area contributed by atoms with Gasteiger partial charge in [0, 0.05) is 12.1 Å². The lowest BCUT2D eigenvalue weighted by Gasteiger charge is -2.11. The van der Waals surface area contributed by atoms with Gasteiger partial charge in [0.2, 0.25) is 0 Å². The van der Waals surface area contributed by atoms with E-state index in [9.17, 15) is 0 Å². The predicted molar refractivity (Wildman–Crippen MR) is 74.3 cm³/mol. The van der Waals surface area contributed by atoms with Crippen LogP contribution in [-0.2, 0) is 20.1 Å². The number of aryl methyl sites for hydroxylation is 1. The molecule has 2 rings (SSSR count). The Balaban J connectivity index is 2.12. The van der Waals surface area contributed by atoms with E-state index in [1.165, 1.54) is 0 Å². The first-order valence-electron chi connectivity index (χ1n) is 6.08. The van der Waals surface area contributed by atoms with Crippen LogP contribution in [0, 0.1) is 6.92 Å². The second-order valence-electron chi connectivity index (χ2n) is 4.30. The third-order valence-corrected chi connectivity index (χ3v) is 3.21. The molecule has 5 nitrogen and oxygen atoms in total. The first kappa shape index (κ1) is 13.8. The molecule has 0 aliphatic rings. The van der Waals surface area contributed by atoms with Crippen molar-refractivity contribution < 1.29 is 4.74 Å². The van der Waals surface area contributed by atoms with Crippen molar-refractivity contribution in [2.75, 3.05) is 6.54 Å². The standard InChI is InChI=1S/C13H17ClN4O/c1-9-16-17-13(18(9)2)8-19-12-4-3-11(14)7-10(12)5-6-15/h3-4,7H,5-6,8,15H2,1-2H3. The zero-order valence-corrected chi connectivity index (χ0v) is 11.8. The van der Waals surface area contributed by atoms with Crippen LogP contribution in [-0.4, -0.2) is 21.3 Å². The Morgan fingerprint density at radius 1 is 1.37 bits per heavy atom. The number of hydrogen-bond acceptors (Lipinski definition) is 4. The Morgan fingerprint density at radius 3 is 2.79 bits per heavy atom. The number of halogens is 1. The van der Waals surface area contributed by atoms with Crippen molar-refractivity contribution >= 4 is 11.6 Å². The van der Waals surface area contributed by atoms with E-state index in [1.54, 1.807) is 6.07 Å². The Bertz CT molecular complexity index is 568. The fourth-order valence-electron chi connectivity index (χ4n) is 1.76. The molecule has 2 aromatic rings. The molecule has 0 saturated heterocycles. The molecule has 1 aromatic carbocycles. The van der Waals surface area contributed by atoms with Gasteiger partial charge < -0.3 is 15.0 Å². The average Bonchev–Trinajstić information content (AvgIpc) is 2.70. The molecule has 0 atom stereocenters. The maximum Gasteiger partial charge on any atom is 0.170 e. The third kappa shape index (κ3) is 3.24. The number of ether oxygens (including phenoxy) is 1. The number of aromatic nitrogens is 3. The maximum atomic E-state index is 5.98. The van der Waals surface area contributed by atoms with Crippen LogP contribution in [0.3, 0.4) is 0 Å². The second kappa shape index (κ2) is 6.04. The van der Waals surface area contributed by atoms with Gasteiger partial charge in [-0.15, -0.1) is 10.2 Å². The van der Waals surface area contributed by atoms with Crippen LogP contribution in [0.5, 0.6) is 5.75 Å². The lowest BCUT2D eigenvalue weighted by atomic mass is 10.1. The van der Waals surface area contributed by atoms with Gasteiger partial charge in [0.1, 0.15) is 18.2 Å². The number of rotatable bonds is 5. The number of nitrogens with zero attached hydrogens (tertiary/aromatic N) is 3. The molecule has 0 spiro atoms. The molecular weight excluding hydrogens is 264 g/mol. The largest absolute Gasteiger partial charge is 0.485 e. The minimum absolute atomic E-state index is 0.372. The summed E-state index contributed by atoms with van der Waals surface area (Å²) in [7, 11) is 1.91. The Hall–Kier alpha value is -1.59. The molecule has 0 saturated carbocycles. The van der Waals surface area contributed by atoms with Gasteiger partial charge in [-0.1, -0.05) is 11.6 Å². The molecule has 0 fully saturated rings. The summed E-state index contributed by atoms with van der Waals surface area (Å²) in [5.41, 5.74) is 6.60. The van der Waals surface area contributed by atoms with E-state index in [-0.39, 0.29) is 0 Å².